The SMILES string of the molecule is CCOCCN1CCN(CC)C1=O. The number of hydrogen-bond acceptors (Lipinski definition) is 2. The second-order valence-corrected chi connectivity index (χ2v) is 3.05. The lowest BCUT2D eigenvalue weighted by molar-refractivity contribution is 0.124. The summed E-state index contributed by atoms with van der Waals surface area (Å²) in [5.74, 6) is 0. The van der Waals surface area contributed by atoms with Crippen molar-refractivity contribution in [3.05, 3.63) is 0 Å². The smallest absolute Gasteiger partial charge is 0.320 e. The van der Waals surface area contributed by atoms with Crippen molar-refractivity contribution in [3.8, 4) is 0 Å². The molecule has 76 valence electrons. The maximum atomic E-state index is 11.5. The topological polar surface area (TPSA) is 32.8 Å². The van der Waals surface area contributed by atoms with Gasteiger partial charge in [0.15, 0.2) is 0 Å². The molecule has 1 heterocycles. The van der Waals surface area contributed by atoms with Crippen molar-refractivity contribution in [2.45, 2.75) is 13.8 Å². The summed E-state index contributed by atoms with van der Waals surface area (Å²) in [4.78, 5) is 15.2. The number of amides is 2. The van der Waals surface area contributed by atoms with Gasteiger partial charge in [-0.05, 0) is 13.8 Å². The molecule has 4 nitrogen and oxygen atoms in total. The molecule has 2 amide bonds. The Morgan fingerprint density at radius 2 is 2.00 bits per heavy atom. The number of urea groups is 1. The molecule has 0 aromatic heterocycles. The Labute approximate surface area is 79.4 Å². The van der Waals surface area contributed by atoms with Crippen molar-refractivity contribution in [1.29, 1.82) is 0 Å². The Morgan fingerprint density at radius 1 is 1.31 bits per heavy atom. The summed E-state index contributed by atoms with van der Waals surface area (Å²) in [6.07, 6.45) is 0. The number of hydrogen-bond donors (Lipinski definition) is 0. The van der Waals surface area contributed by atoms with Gasteiger partial charge < -0.3 is 14.5 Å². The third-order valence-corrected chi connectivity index (χ3v) is 2.27. The molecule has 0 aromatic rings. The van der Waals surface area contributed by atoms with Gasteiger partial charge in [-0.25, -0.2) is 4.79 Å². The van der Waals surface area contributed by atoms with Gasteiger partial charge in [-0.15, -0.1) is 0 Å². The fourth-order valence-corrected chi connectivity index (χ4v) is 1.45. The second kappa shape index (κ2) is 5.07. The predicted octanol–water partition coefficient (Wildman–Crippen LogP) is 0.780. The normalized spacial score (nSPS) is 17.2. The Kier molecular flexibility index (Phi) is 4.02. The summed E-state index contributed by atoms with van der Waals surface area (Å²) in [6, 6.07) is 0.155. The number of carbonyl (C=O) groups excluding carboxylic acids is 1. The van der Waals surface area contributed by atoms with Gasteiger partial charge in [-0.3, -0.25) is 0 Å². The van der Waals surface area contributed by atoms with Crippen LogP contribution in [0, 0.1) is 0 Å². The minimum absolute atomic E-state index is 0.155. The maximum absolute atomic E-state index is 11.5. The molecule has 1 aliphatic heterocycles. The van der Waals surface area contributed by atoms with E-state index in [1.165, 1.54) is 0 Å². The Balaban J connectivity index is 2.24. The molecule has 0 aliphatic carbocycles. The first-order valence-corrected chi connectivity index (χ1v) is 4.91. The lowest BCUT2D eigenvalue weighted by Crippen LogP contribution is -2.33. The largest absolute Gasteiger partial charge is 0.380 e. The van der Waals surface area contributed by atoms with Crippen LogP contribution in [-0.4, -0.2) is 55.2 Å². The van der Waals surface area contributed by atoms with Crippen molar-refractivity contribution in [3.63, 3.8) is 0 Å². The van der Waals surface area contributed by atoms with Gasteiger partial charge >= 0.3 is 6.03 Å². The van der Waals surface area contributed by atoms with Gasteiger partial charge in [-0.2, -0.15) is 0 Å². The van der Waals surface area contributed by atoms with Crippen LogP contribution >= 0.6 is 0 Å². The second-order valence-electron chi connectivity index (χ2n) is 3.05. The quantitative estimate of drug-likeness (QED) is 0.594. The molecule has 0 N–H and O–H groups in total. The van der Waals surface area contributed by atoms with Crippen LogP contribution in [0.3, 0.4) is 0 Å². The monoisotopic (exact) mass is 186 g/mol. The molecule has 4 heteroatoms. The van der Waals surface area contributed by atoms with Crippen molar-refractivity contribution < 1.29 is 9.53 Å². The van der Waals surface area contributed by atoms with Gasteiger partial charge in [0.05, 0.1) is 6.61 Å². The Hall–Kier alpha value is -0.770. The molecule has 0 bridgehead atoms. The summed E-state index contributed by atoms with van der Waals surface area (Å²) >= 11 is 0. The number of rotatable bonds is 5. The van der Waals surface area contributed by atoms with Crippen LogP contribution in [0.15, 0.2) is 0 Å². The van der Waals surface area contributed by atoms with Crippen molar-refractivity contribution in [2.75, 3.05) is 39.4 Å². The molecule has 0 aromatic carbocycles. The highest BCUT2D eigenvalue weighted by Crippen LogP contribution is 2.06. The van der Waals surface area contributed by atoms with E-state index in [0.717, 1.165) is 32.8 Å². The Morgan fingerprint density at radius 3 is 2.54 bits per heavy atom. The molecule has 1 saturated heterocycles. The van der Waals surface area contributed by atoms with E-state index in [1.54, 1.807) is 0 Å². The summed E-state index contributed by atoms with van der Waals surface area (Å²) in [5, 5.41) is 0. The van der Waals surface area contributed by atoms with Gasteiger partial charge in [0, 0.05) is 32.8 Å². The molecule has 0 saturated carbocycles. The lowest BCUT2D eigenvalue weighted by Gasteiger charge is -2.16. The maximum Gasteiger partial charge on any atom is 0.320 e. The van der Waals surface area contributed by atoms with Crippen LogP contribution in [0.2, 0.25) is 0 Å². The highest BCUT2D eigenvalue weighted by atomic mass is 16.5. The summed E-state index contributed by atoms with van der Waals surface area (Å²) in [5.41, 5.74) is 0. The van der Waals surface area contributed by atoms with Crippen LogP contribution in [0.4, 0.5) is 4.79 Å². The summed E-state index contributed by atoms with van der Waals surface area (Å²) in [7, 11) is 0. The summed E-state index contributed by atoms with van der Waals surface area (Å²) < 4.78 is 5.20. The number of carbonyl (C=O) groups is 1. The molecule has 13 heavy (non-hydrogen) atoms. The molecule has 1 fully saturated rings. The first kappa shape index (κ1) is 10.3. The third kappa shape index (κ3) is 2.59. The number of nitrogens with zero attached hydrogens (tertiary/aromatic N) is 2. The minimum atomic E-state index is 0.155. The van der Waals surface area contributed by atoms with E-state index >= 15 is 0 Å². The zero-order valence-electron chi connectivity index (χ0n) is 8.45. The van der Waals surface area contributed by atoms with Crippen LogP contribution < -0.4 is 0 Å². The fourth-order valence-electron chi connectivity index (χ4n) is 1.45. The van der Waals surface area contributed by atoms with Gasteiger partial charge in [0.1, 0.15) is 0 Å². The molecule has 1 rings (SSSR count). The molecular weight excluding hydrogens is 168 g/mol. The average molecular weight is 186 g/mol. The molecule has 1 aliphatic rings. The van der Waals surface area contributed by atoms with E-state index < -0.39 is 0 Å². The van der Waals surface area contributed by atoms with Crippen LogP contribution in [0.5, 0.6) is 0 Å². The standard InChI is InChI=1S/C9H18N2O2/c1-3-10-5-6-11(9(10)12)7-8-13-4-2/h3-8H2,1-2H3. The predicted molar refractivity (Wildman–Crippen MR) is 50.7 cm³/mol. The Bertz CT molecular complexity index is 173. The average Bonchev–Trinajstić information content (AvgIpc) is 2.48. The van der Waals surface area contributed by atoms with E-state index in [1.807, 2.05) is 23.6 Å². The molecule has 0 atom stereocenters. The first-order valence-electron chi connectivity index (χ1n) is 4.91. The van der Waals surface area contributed by atoms with Crippen molar-refractivity contribution >= 4 is 6.03 Å². The molecule has 0 radical (unpaired) electrons. The van der Waals surface area contributed by atoms with E-state index in [0.29, 0.717) is 6.61 Å². The molecule has 0 spiro atoms. The fraction of sp³-hybridized carbons (Fsp3) is 0.889. The van der Waals surface area contributed by atoms with Gasteiger partial charge in [0.25, 0.3) is 0 Å². The number of ether oxygens (including phenoxy) is 1. The van der Waals surface area contributed by atoms with Crippen LogP contribution in [0.25, 0.3) is 0 Å². The zero-order valence-corrected chi connectivity index (χ0v) is 8.45. The van der Waals surface area contributed by atoms with Gasteiger partial charge in [-0.1, -0.05) is 0 Å². The summed E-state index contributed by atoms with van der Waals surface area (Å²) in [6.45, 7) is 8.59. The highest BCUT2D eigenvalue weighted by Gasteiger charge is 2.26. The highest BCUT2D eigenvalue weighted by molar-refractivity contribution is 5.76. The van der Waals surface area contributed by atoms with E-state index in [2.05, 4.69) is 0 Å². The number of likely N-dealkylation sites (N-methyl/N-ethyl adjacent to an activating group) is 1. The lowest BCUT2D eigenvalue weighted by atomic mass is 10.5. The zero-order chi connectivity index (χ0) is 9.68. The van der Waals surface area contributed by atoms with Crippen LogP contribution in [-0.2, 0) is 4.74 Å². The molecule has 0 unspecified atom stereocenters. The van der Waals surface area contributed by atoms with Crippen LogP contribution in [0.1, 0.15) is 13.8 Å². The first-order chi connectivity index (χ1) is 6.29. The van der Waals surface area contributed by atoms with E-state index in [-0.39, 0.29) is 6.03 Å². The van der Waals surface area contributed by atoms with Crippen molar-refractivity contribution in [1.82, 2.24) is 9.80 Å². The molecular formula is C9H18N2O2. The van der Waals surface area contributed by atoms with E-state index in [4.69, 9.17) is 4.74 Å². The van der Waals surface area contributed by atoms with E-state index in [9.17, 15) is 4.79 Å². The van der Waals surface area contributed by atoms with Crippen molar-refractivity contribution in [2.24, 2.45) is 0 Å². The van der Waals surface area contributed by atoms with Gasteiger partial charge in [0.2, 0.25) is 0 Å². The third-order valence-electron chi connectivity index (χ3n) is 2.27. The minimum Gasteiger partial charge on any atom is -0.380 e.